The number of pyridine rings is 2. The zero-order chi connectivity index (χ0) is 37.3. The Bertz CT molecular complexity index is 1650. The predicted octanol–water partition coefficient (Wildman–Crippen LogP) is 5.83. The Morgan fingerprint density at radius 1 is 1.12 bits per heavy atom. The van der Waals surface area contributed by atoms with Gasteiger partial charge in [0.15, 0.2) is 5.82 Å². The van der Waals surface area contributed by atoms with E-state index < -0.39 is 17.1 Å². The first-order chi connectivity index (χ1) is 24.9. The summed E-state index contributed by atoms with van der Waals surface area (Å²) >= 11 is 0. The fourth-order valence-electron chi connectivity index (χ4n) is 6.56. The van der Waals surface area contributed by atoms with E-state index in [1.165, 1.54) is 0 Å². The monoisotopic (exact) mass is 716 g/mol. The van der Waals surface area contributed by atoms with Crippen LogP contribution in [0.3, 0.4) is 0 Å². The van der Waals surface area contributed by atoms with E-state index in [4.69, 9.17) is 24.2 Å². The molecule has 2 fully saturated rings. The third-order valence-corrected chi connectivity index (χ3v) is 9.83. The number of tetrazole rings is 1. The van der Waals surface area contributed by atoms with Gasteiger partial charge in [0.1, 0.15) is 18.2 Å². The first kappa shape index (κ1) is 39.0. The van der Waals surface area contributed by atoms with Gasteiger partial charge in [-0.2, -0.15) is 9.94 Å². The van der Waals surface area contributed by atoms with Crippen molar-refractivity contribution in [1.82, 2.24) is 35.5 Å². The SMILES string of the molecule is Cc1cnc(N[C@H]2CC[C@H](N[C@H](C)COCc3nnnn3[C@@H](OC(=O)C(C)(C)C)C(C)C)CC2)cc1-c1cccc(NCC2(C#N)CCOCC2)n1. The summed E-state index contributed by atoms with van der Waals surface area (Å²) in [5, 5.41) is 32.7. The summed E-state index contributed by atoms with van der Waals surface area (Å²) in [5.41, 5.74) is 1.90. The number of carbonyl (C=O) groups excluding carboxylic acids is 1. The molecule has 4 heterocycles. The molecule has 3 aromatic heterocycles. The molecule has 2 atom stereocenters. The Kier molecular flexibility index (Phi) is 13.2. The molecule has 0 unspecified atom stereocenters. The molecule has 0 bridgehead atoms. The zero-order valence-electron chi connectivity index (χ0n) is 31.8. The van der Waals surface area contributed by atoms with Crippen molar-refractivity contribution >= 4 is 17.6 Å². The van der Waals surface area contributed by atoms with E-state index in [9.17, 15) is 10.1 Å². The fraction of sp³-hybridized carbons (Fsp3) is 0.658. The molecule has 1 saturated carbocycles. The van der Waals surface area contributed by atoms with Crippen LogP contribution >= 0.6 is 0 Å². The summed E-state index contributed by atoms with van der Waals surface area (Å²) in [6.07, 6.45) is 6.88. The van der Waals surface area contributed by atoms with Gasteiger partial charge in [0.05, 0.1) is 29.2 Å². The number of aromatic nitrogens is 6. The van der Waals surface area contributed by atoms with Gasteiger partial charge in [-0.1, -0.05) is 19.9 Å². The molecule has 1 saturated heterocycles. The van der Waals surface area contributed by atoms with Crippen molar-refractivity contribution in [3.8, 4) is 17.3 Å². The van der Waals surface area contributed by atoms with Crippen molar-refractivity contribution in [2.75, 3.05) is 37.0 Å². The second-order valence-electron chi connectivity index (χ2n) is 15.8. The fourth-order valence-corrected chi connectivity index (χ4v) is 6.56. The van der Waals surface area contributed by atoms with Gasteiger partial charge in [-0.15, -0.1) is 5.10 Å². The Morgan fingerprint density at radius 3 is 2.54 bits per heavy atom. The molecule has 1 aliphatic carbocycles. The molecule has 14 nitrogen and oxygen atoms in total. The molecule has 0 radical (unpaired) electrons. The number of ether oxygens (including phenoxy) is 3. The van der Waals surface area contributed by atoms with Gasteiger partial charge in [0, 0.05) is 55.6 Å². The van der Waals surface area contributed by atoms with Crippen molar-refractivity contribution in [3.05, 3.63) is 41.9 Å². The van der Waals surface area contributed by atoms with E-state index in [1.54, 1.807) is 4.68 Å². The number of anilines is 2. The molecule has 52 heavy (non-hydrogen) atoms. The lowest BCUT2D eigenvalue weighted by atomic mass is 9.82. The van der Waals surface area contributed by atoms with Crippen LogP contribution in [0.1, 0.15) is 97.7 Å². The average molecular weight is 717 g/mol. The Hall–Kier alpha value is -4.19. The van der Waals surface area contributed by atoms with E-state index >= 15 is 0 Å². The summed E-state index contributed by atoms with van der Waals surface area (Å²) < 4.78 is 18.8. The first-order valence-electron chi connectivity index (χ1n) is 18.6. The normalized spacial score (nSPS) is 20.1. The Morgan fingerprint density at radius 2 is 1.85 bits per heavy atom. The number of nitrogens with zero attached hydrogens (tertiary/aromatic N) is 7. The van der Waals surface area contributed by atoms with Crippen LogP contribution in [-0.2, 0) is 25.6 Å². The van der Waals surface area contributed by atoms with Gasteiger partial charge in [0.2, 0.25) is 6.23 Å². The predicted molar refractivity (Wildman–Crippen MR) is 198 cm³/mol. The van der Waals surface area contributed by atoms with E-state index in [0.717, 1.165) is 67.0 Å². The number of rotatable bonds is 15. The molecule has 2 aliphatic rings. The summed E-state index contributed by atoms with van der Waals surface area (Å²) in [4.78, 5) is 22.2. The number of carbonyl (C=O) groups is 1. The molecular weight excluding hydrogens is 660 g/mol. The summed E-state index contributed by atoms with van der Waals surface area (Å²) in [5.74, 6) is 1.80. The second kappa shape index (κ2) is 17.6. The Balaban J connectivity index is 1.07. The molecule has 3 aromatic rings. The van der Waals surface area contributed by atoms with Gasteiger partial charge >= 0.3 is 5.97 Å². The average Bonchev–Trinajstić information content (AvgIpc) is 3.59. The minimum absolute atomic E-state index is 0.0219. The molecule has 282 valence electrons. The third kappa shape index (κ3) is 10.5. The maximum absolute atomic E-state index is 12.6. The number of hydrogen-bond acceptors (Lipinski definition) is 13. The smallest absolute Gasteiger partial charge is 0.313 e. The Labute approximate surface area is 307 Å². The molecule has 0 amide bonds. The first-order valence-corrected chi connectivity index (χ1v) is 18.6. The van der Waals surface area contributed by atoms with Crippen LogP contribution in [0.25, 0.3) is 11.3 Å². The molecule has 3 N–H and O–H groups in total. The van der Waals surface area contributed by atoms with Gasteiger partial charge in [-0.05, 0) is 107 Å². The van der Waals surface area contributed by atoms with Crippen molar-refractivity contribution in [2.24, 2.45) is 16.7 Å². The highest BCUT2D eigenvalue weighted by Gasteiger charge is 2.33. The second-order valence-corrected chi connectivity index (χ2v) is 15.8. The minimum Gasteiger partial charge on any atom is -0.439 e. The van der Waals surface area contributed by atoms with Crippen molar-refractivity contribution in [2.45, 2.75) is 118 Å². The minimum atomic E-state index is -0.631. The van der Waals surface area contributed by atoms with E-state index in [2.05, 4.69) is 57.5 Å². The quantitative estimate of drug-likeness (QED) is 0.160. The molecular formula is C38H56N10O4. The summed E-state index contributed by atoms with van der Waals surface area (Å²) in [6, 6.07) is 11.4. The molecule has 14 heteroatoms. The van der Waals surface area contributed by atoms with E-state index in [-0.39, 0.29) is 24.5 Å². The highest BCUT2D eigenvalue weighted by molar-refractivity contribution is 5.75. The van der Waals surface area contributed by atoms with Crippen LogP contribution in [0.15, 0.2) is 30.5 Å². The van der Waals surface area contributed by atoms with Crippen LogP contribution in [-0.4, -0.2) is 80.6 Å². The van der Waals surface area contributed by atoms with Gasteiger partial charge in [0.25, 0.3) is 0 Å². The zero-order valence-corrected chi connectivity index (χ0v) is 31.8. The number of hydrogen-bond donors (Lipinski definition) is 3. The number of esters is 1. The maximum atomic E-state index is 12.6. The topological polar surface area (TPSA) is 174 Å². The lowest BCUT2D eigenvalue weighted by Gasteiger charge is -2.32. The van der Waals surface area contributed by atoms with Gasteiger partial charge < -0.3 is 30.2 Å². The van der Waals surface area contributed by atoms with Crippen LogP contribution < -0.4 is 16.0 Å². The standard InChI is InChI=1S/C38H56N10O4/c1-25(2)35(52-36(49)37(5,6)7)48-34(45-46-47-48)22-51-21-27(4)42-28-11-13-29(14-12-28)43-33-19-30(26(3)20-40-33)31-9-8-10-32(44-31)41-24-38(23-39)15-17-50-18-16-38/h8-10,19-20,25,27-29,35,42H,11-18,21-22,24H2,1-7H3,(H,40,43)(H,41,44)/t27-,28-,29-,35+/m1/s1. The van der Waals surface area contributed by atoms with Crippen molar-refractivity contribution in [1.29, 1.82) is 5.26 Å². The molecule has 0 aromatic carbocycles. The van der Waals surface area contributed by atoms with Crippen molar-refractivity contribution in [3.63, 3.8) is 0 Å². The maximum Gasteiger partial charge on any atom is 0.313 e. The van der Waals surface area contributed by atoms with E-state index in [1.807, 2.05) is 59.0 Å². The molecule has 5 rings (SSSR count). The van der Waals surface area contributed by atoms with Crippen LogP contribution in [0.4, 0.5) is 11.6 Å². The van der Waals surface area contributed by atoms with E-state index in [0.29, 0.717) is 44.3 Å². The summed E-state index contributed by atoms with van der Waals surface area (Å²) in [7, 11) is 0. The van der Waals surface area contributed by atoms with Crippen LogP contribution in [0.5, 0.6) is 0 Å². The summed E-state index contributed by atoms with van der Waals surface area (Å²) in [6.45, 7) is 16.1. The number of nitriles is 1. The largest absolute Gasteiger partial charge is 0.439 e. The number of nitrogens with one attached hydrogen (secondary N) is 3. The lowest BCUT2D eigenvalue weighted by Crippen LogP contribution is -2.43. The highest BCUT2D eigenvalue weighted by Crippen LogP contribution is 2.31. The third-order valence-electron chi connectivity index (χ3n) is 9.83. The van der Waals surface area contributed by atoms with Crippen molar-refractivity contribution < 1.29 is 19.0 Å². The van der Waals surface area contributed by atoms with Gasteiger partial charge in [-0.3, -0.25) is 4.79 Å². The highest BCUT2D eigenvalue weighted by atomic mass is 16.6. The van der Waals surface area contributed by atoms with Crippen LogP contribution in [0, 0.1) is 35.0 Å². The molecule has 1 aliphatic heterocycles. The number of aryl methyl sites for hydroxylation is 1. The van der Waals surface area contributed by atoms with Crippen LogP contribution in [0.2, 0.25) is 0 Å². The van der Waals surface area contributed by atoms with Gasteiger partial charge in [-0.25, -0.2) is 9.97 Å². The molecule has 0 spiro atoms. The lowest BCUT2D eigenvalue weighted by molar-refractivity contribution is -0.168.